The van der Waals surface area contributed by atoms with Crippen LogP contribution in [0.5, 0.6) is 11.5 Å². The minimum absolute atomic E-state index is 0.0173. The fraction of sp³-hybridized carbons (Fsp3) is 0.500. The minimum atomic E-state index is -1.25. The molecule has 0 bridgehead atoms. The first-order valence-electron chi connectivity index (χ1n) is 8.87. The van der Waals surface area contributed by atoms with Crippen LogP contribution in [0.1, 0.15) is 44.5 Å². The number of carboxylic acids is 1. The lowest BCUT2D eigenvalue weighted by Gasteiger charge is -2.21. The van der Waals surface area contributed by atoms with Gasteiger partial charge in [0.15, 0.2) is 11.5 Å². The molecule has 0 fully saturated rings. The van der Waals surface area contributed by atoms with Crippen molar-refractivity contribution in [2.24, 2.45) is 0 Å². The number of carbonyl (C=O) groups excluding carboxylic acids is 2. The summed E-state index contributed by atoms with van der Waals surface area (Å²) in [5.41, 5.74) is -0.918. The molecular weight excluding hydrogens is 404 g/mol. The largest absolute Gasteiger partial charge is 0.490 e. The van der Waals surface area contributed by atoms with E-state index in [1.807, 2.05) is 0 Å². The van der Waals surface area contributed by atoms with E-state index in [4.69, 9.17) is 19.3 Å². The molecule has 1 amide bonds. The van der Waals surface area contributed by atoms with Crippen molar-refractivity contribution in [3.05, 3.63) is 33.9 Å². The van der Waals surface area contributed by atoms with E-state index in [0.29, 0.717) is 0 Å². The number of amides is 1. The molecule has 166 valence electrons. The van der Waals surface area contributed by atoms with Crippen molar-refractivity contribution in [3.63, 3.8) is 0 Å². The van der Waals surface area contributed by atoms with E-state index in [1.54, 1.807) is 20.8 Å². The fourth-order valence-electron chi connectivity index (χ4n) is 1.96. The molecule has 1 atom stereocenters. The first-order chi connectivity index (χ1) is 13.9. The van der Waals surface area contributed by atoms with Crippen molar-refractivity contribution in [1.29, 1.82) is 0 Å². The number of carboxylic acid groups (broad SMARTS) is 1. The van der Waals surface area contributed by atoms with Crippen molar-refractivity contribution in [2.45, 2.75) is 45.8 Å². The first kappa shape index (κ1) is 24.5. The van der Waals surface area contributed by atoms with Crippen LogP contribution in [0.15, 0.2) is 18.2 Å². The molecule has 0 heterocycles. The van der Waals surface area contributed by atoms with E-state index >= 15 is 0 Å². The van der Waals surface area contributed by atoms with Gasteiger partial charge in [0.25, 0.3) is 5.09 Å². The number of carbonyl (C=O) groups is 3. The predicted octanol–water partition coefficient (Wildman–Crippen LogP) is 2.18. The Bertz CT molecular complexity index is 788. The van der Waals surface area contributed by atoms with Crippen molar-refractivity contribution in [1.82, 2.24) is 5.32 Å². The quantitative estimate of drug-likeness (QED) is 0.185. The maximum atomic E-state index is 12.3. The van der Waals surface area contributed by atoms with E-state index in [9.17, 15) is 24.5 Å². The van der Waals surface area contributed by atoms with Gasteiger partial charge in [-0.2, -0.15) is 0 Å². The van der Waals surface area contributed by atoms with Gasteiger partial charge in [0.05, 0.1) is 18.8 Å². The second-order valence-corrected chi connectivity index (χ2v) is 7.01. The van der Waals surface area contributed by atoms with Gasteiger partial charge in [0, 0.05) is 6.42 Å². The topological polar surface area (TPSA) is 164 Å². The van der Waals surface area contributed by atoms with Crippen molar-refractivity contribution in [2.75, 3.05) is 13.2 Å². The summed E-state index contributed by atoms with van der Waals surface area (Å²) in [4.78, 5) is 49.6. The molecule has 12 heteroatoms. The van der Waals surface area contributed by atoms with Crippen molar-refractivity contribution >= 4 is 18.0 Å². The summed E-state index contributed by atoms with van der Waals surface area (Å²) in [6.07, 6.45) is -0.667. The molecule has 12 nitrogen and oxygen atoms in total. The van der Waals surface area contributed by atoms with Gasteiger partial charge in [-0.25, -0.2) is 14.4 Å². The zero-order valence-electron chi connectivity index (χ0n) is 17.0. The Labute approximate surface area is 172 Å². The van der Waals surface area contributed by atoms with Gasteiger partial charge in [0.2, 0.25) is 0 Å². The maximum absolute atomic E-state index is 12.3. The van der Waals surface area contributed by atoms with Gasteiger partial charge >= 0.3 is 18.0 Å². The molecule has 0 saturated carbocycles. The Balaban J connectivity index is 2.81. The highest BCUT2D eigenvalue weighted by molar-refractivity contribution is 5.89. The number of hydrogen-bond acceptors (Lipinski definition) is 9. The van der Waals surface area contributed by atoms with E-state index in [1.165, 1.54) is 19.1 Å². The number of hydrogen-bond donors (Lipinski definition) is 2. The standard InChI is InChI=1S/C18H24N2O10/c1-11(19-17(24)30-18(2,3)4)16(23)29-14-10-12(15(21)22)6-7-13(14)27-8-5-9-28-20(25)26/h6-7,10-11H,5,8-9H2,1-4H3,(H,19,24)(H,21,22). The molecule has 0 aliphatic rings. The second-order valence-electron chi connectivity index (χ2n) is 7.01. The maximum Gasteiger partial charge on any atom is 0.408 e. The van der Waals surface area contributed by atoms with Crippen LogP contribution in [-0.4, -0.2) is 53.1 Å². The first-order valence-corrected chi connectivity index (χ1v) is 8.87. The number of nitrogens with one attached hydrogen (secondary N) is 1. The average Bonchev–Trinajstić information content (AvgIpc) is 2.60. The zero-order valence-corrected chi connectivity index (χ0v) is 17.0. The van der Waals surface area contributed by atoms with Crippen LogP contribution < -0.4 is 14.8 Å². The van der Waals surface area contributed by atoms with Gasteiger partial charge in [-0.3, -0.25) is 0 Å². The number of aromatic carboxylic acids is 1. The molecule has 1 rings (SSSR count). The zero-order chi connectivity index (χ0) is 22.9. The SMILES string of the molecule is CC(NC(=O)OC(C)(C)C)C(=O)Oc1cc(C(=O)O)ccc1OCCCO[N+](=O)[O-]. The Morgan fingerprint density at radius 1 is 1.20 bits per heavy atom. The van der Waals surface area contributed by atoms with E-state index in [0.717, 1.165) is 6.07 Å². The molecular formula is C18H24N2O10. The summed E-state index contributed by atoms with van der Waals surface area (Å²) in [6, 6.07) is 2.51. The van der Waals surface area contributed by atoms with E-state index < -0.39 is 34.8 Å². The van der Waals surface area contributed by atoms with Crippen LogP contribution in [0.3, 0.4) is 0 Å². The third-order valence-electron chi connectivity index (χ3n) is 3.23. The van der Waals surface area contributed by atoms with Gasteiger partial charge in [-0.15, -0.1) is 10.1 Å². The highest BCUT2D eigenvalue weighted by atomic mass is 16.9. The van der Waals surface area contributed by atoms with Crippen LogP contribution in [0.4, 0.5) is 4.79 Å². The number of esters is 1. The molecule has 0 spiro atoms. The molecule has 1 unspecified atom stereocenters. The van der Waals surface area contributed by atoms with Crippen molar-refractivity contribution in [3.8, 4) is 11.5 Å². The molecule has 0 saturated heterocycles. The Morgan fingerprint density at radius 2 is 1.87 bits per heavy atom. The highest BCUT2D eigenvalue weighted by Crippen LogP contribution is 2.29. The highest BCUT2D eigenvalue weighted by Gasteiger charge is 2.23. The Hall–Kier alpha value is -3.57. The van der Waals surface area contributed by atoms with E-state index in [-0.39, 0.29) is 36.7 Å². The summed E-state index contributed by atoms with van der Waals surface area (Å²) in [6.45, 7) is 6.12. The van der Waals surface area contributed by atoms with Gasteiger partial charge in [-0.05, 0) is 45.9 Å². The predicted molar refractivity (Wildman–Crippen MR) is 101 cm³/mol. The number of alkyl carbamates (subject to hydrolysis) is 1. The van der Waals surface area contributed by atoms with Gasteiger partial charge in [-0.1, -0.05) is 0 Å². The second kappa shape index (κ2) is 10.8. The molecule has 0 aliphatic heterocycles. The summed E-state index contributed by atoms with van der Waals surface area (Å²) < 4.78 is 15.6. The van der Waals surface area contributed by atoms with Crippen LogP contribution in [0, 0.1) is 10.1 Å². The monoisotopic (exact) mass is 428 g/mol. The normalized spacial score (nSPS) is 11.7. The van der Waals surface area contributed by atoms with Crippen molar-refractivity contribution < 1.29 is 43.6 Å². The lowest BCUT2D eigenvalue weighted by Crippen LogP contribution is -2.43. The molecule has 1 aromatic rings. The molecule has 0 radical (unpaired) electrons. The summed E-state index contributed by atoms with van der Waals surface area (Å²) in [5, 5.41) is 20.6. The fourth-order valence-corrected chi connectivity index (χ4v) is 1.96. The molecule has 0 aliphatic carbocycles. The van der Waals surface area contributed by atoms with Crippen LogP contribution >= 0.6 is 0 Å². The molecule has 30 heavy (non-hydrogen) atoms. The smallest absolute Gasteiger partial charge is 0.408 e. The number of rotatable bonds is 10. The van der Waals surface area contributed by atoms with Gasteiger partial charge in [0.1, 0.15) is 11.6 Å². The van der Waals surface area contributed by atoms with E-state index in [2.05, 4.69) is 10.2 Å². The average molecular weight is 428 g/mol. The summed E-state index contributed by atoms with van der Waals surface area (Å²) in [7, 11) is 0. The third-order valence-corrected chi connectivity index (χ3v) is 3.23. The molecule has 1 aromatic carbocycles. The summed E-state index contributed by atoms with van der Waals surface area (Å²) in [5.74, 6) is -2.28. The van der Waals surface area contributed by atoms with Gasteiger partial charge < -0.3 is 29.5 Å². The Morgan fingerprint density at radius 3 is 2.43 bits per heavy atom. The van der Waals surface area contributed by atoms with Crippen LogP contribution in [0.25, 0.3) is 0 Å². The van der Waals surface area contributed by atoms with Crippen LogP contribution in [-0.2, 0) is 14.4 Å². The number of nitrogens with zero attached hydrogens (tertiary/aromatic N) is 1. The lowest BCUT2D eigenvalue weighted by atomic mass is 10.2. The minimum Gasteiger partial charge on any atom is -0.490 e. The lowest BCUT2D eigenvalue weighted by molar-refractivity contribution is -0.757. The number of ether oxygens (including phenoxy) is 3. The Kier molecular flexibility index (Phi) is 8.84. The molecule has 0 aromatic heterocycles. The molecule has 2 N–H and O–H groups in total. The number of benzene rings is 1. The third kappa shape index (κ3) is 9.08. The van der Waals surface area contributed by atoms with Crippen LogP contribution in [0.2, 0.25) is 0 Å². The summed E-state index contributed by atoms with van der Waals surface area (Å²) >= 11 is 0.